The van der Waals surface area contributed by atoms with Crippen molar-refractivity contribution in [3.05, 3.63) is 58.7 Å². The molecule has 0 aliphatic rings. The normalized spacial score (nSPS) is 11.4. The second kappa shape index (κ2) is 4.36. The van der Waals surface area contributed by atoms with Crippen molar-refractivity contribution in [2.45, 2.75) is 27.4 Å². The van der Waals surface area contributed by atoms with Crippen LogP contribution in [-0.4, -0.2) is 5.11 Å². The van der Waals surface area contributed by atoms with E-state index in [0.717, 1.165) is 5.56 Å². The molecule has 0 saturated heterocycles. The SMILES string of the molecule is Cc1ccc(C)c2c1ccc1c(CO)ccc(C)c12. The van der Waals surface area contributed by atoms with Crippen molar-refractivity contribution in [2.75, 3.05) is 0 Å². The molecule has 3 rings (SSSR count). The van der Waals surface area contributed by atoms with Crippen LogP contribution in [0.2, 0.25) is 0 Å². The highest BCUT2D eigenvalue weighted by Crippen LogP contribution is 2.33. The zero-order valence-electron chi connectivity index (χ0n) is 11.6. The predicted octanol–water partition coefficient (Wildman–Crippen LogP) is 4.41. The third-order valence-electron chi connectivity index (χ3n) is 4.05. The zero-order valence-corrected chi connectivity index (χ0v) is 11.6. The Morgan fingerprint density at radius 1 is 0.684 bits per heavy atom. The summed E-state index contributed by atoms with van der Waals surface area (Å²) in [7, 11) is 0. The van der Waals surface area contributed by atoms with Crippen LogP contribution in [0.25, 0.3) is 21.5 Å². The number of rotatable bonds is 1. The molecule has 0 unspecified atom stereocenters. The van der Waals surface area contributed by atoms with E-state index in [2.05, 4.69) is 51.1 Å². The van der Waals surface area contributed by atoms with Gasteiger partial charge in [-0.05, 0) is 64.6 Å². The van der Waals surface area contributed by atoms with Crippen LogP contribution >= 0.6 is 0 Å². The van der Waals surface area contributed by atoms with Gasteiger partial charge in [-0.1, -0.05) is 36.4 Å². The maximum Gasteiger partial charge on any atom is 0.0687 e. The highest BCUT2D eigenvalue weighted by Gasteiger charge is 2.10. The number of aliphatic hydroxyl groups is 1. The summed E-state index contributed by atoms with van der Waals surface area (Å²) in [6.07, 6.45) is 0. The van der Waals surface area contributed by atoms with Gasteiger partial charge < -0.3 is 5.11 Å². The van der Waals surface area contributed by atoms with Crippen LogP contribution in [0.3, 0.4) is 0 Å². The first-order valence-electron chi connectivity index (χ1n) is 6.65. The van der Waals surface area contributed by atoms with Crippen LogP contribution in [0.5, 0.6) is 0 Å². The molecule has 1 N–H and O–H groups in total. The third-order valence-corrected chi connectivity index (χ3v) is 4.05. The Balaban J connectivity index is 2.63. The van der Waals surface area contributed by atoms with E-state index in [9.17, 15) is 5.11 Å². The molecule has 0 saturated carbocycles. The third kappa shape index (κ3) is 1.73. The molecule has 0 spiro atoms. The van der Waals surface area contributed by atoms with Gasteiger partial charge in [0.1, 0.15) is 0 Å². The van der Waals surface area contributed by atoms with Crippen molar-refractivity contribution in [3.8, 4) is 0 Å². The van der Waals surface area contributed by atoms with Gasteiger partial charge in [-0.3, -0.25) is 0 Å². The molecule has 0 aromatic heterocycles. The Morgan fingerprint density at radius 3 is 1.89 bits per heavy atom. The monoisotopic (exact) mass is 250 g/mol. The molecule has 19 heavy (non-hydrogen) atoms. The largest absolute Gasteiger partial charge is 0.392 e. The van der Waals surface area contributed by atoms with Crippen molar-refractivity contribution in [1.82, 2.24) is 0 Å². The molecule has 96 valence electrons. The minimum atomic E-state index is 0.0904. The lowest BCUT2D eigenvalue weighted by Gasteiger charge is -2.14. The summed E-state index contributed by atoms with van der Waals surface area (Å²) in [6, 6.07) is 12.8. The fourth-order valence-corrected chi connectivity index (χ4v) is 2.98. The fourth-order valence-electron chi connectivity index (χ4n) is 2.98. The van der Waals surface area contributed by atoms with E-state index in [0.29, 0.717) is 0 Å². The Kier molecular flexibility index (Phi) is 2.79. The number of benzene rings is 3. The molecular formula is C18H18O. The molecule has 0 aliphatic heterocycles. The van der Waals surface area contributed by atoms with Crippen LogP contribution < -0.4 is 0 Å². The summed E-state index contributed by atoms with van der Waals surface area (Å²) < 4.78 is 0. The number of aliphatic hydroxyl groups excluding tert-OH is 1. The van der Waals surface area contributed by atoms with Gasteiger partial charge in [-0.15, -0.1) is 0 Å². The van der Waals surface area contributed by atoms with Gasteiger partial charge in [0.05, 0.1) is 6.61 Å². The first-order valence-corrected chi connectivity index (χ1v) is 6.65. The number of hydrogen-bond donors (Lipinski definition) is 1. The average Bonchev–Trinajstić information content (AvgIpc) is 2.43. The van der Waals surface area contributed by atoms with Gasteiger partial charge in [-0.25, -0.2) is 0 Å². The Labute approximate surface area is 113 Å². The van der Waals surface area contributed by atoms with Crippen LogP contribution in [0.4, 0.5) is 0 Å². The second-order valence-electron chi connectivity index (χ2n) is 5.31. The van der Waals surface area contributed by atoms with E-state index in [1.54, 1.807) is 0 Å². The number of hydrogen-bond acceptors (Lipinski definition) is 1. The molecule has 0 heterocycles. The lowest BCUT2D eigenvalue weighted by Crippen LogP contribution is -1.92. The molecule has 0 fully saturated rings. The molecule has 0 atom stereocenters. The predicted molar refractivity (Wildman–Crippen MR) is 81.6 cm³/mol. The van der Waals surface area contributed by atoms with E-state index < -0.39 is 0 Å². The minimum Gasteiger partial charge on any atom is -0.392 e. The van der Waals surface area contributed by atoms with E-state index >= 15 is 0 Å². The molecule has 0 aliphatic carbocycles. The second-order valence-corrected chi connectivity index (χ2v) is 5.31. The first kappa shape index (κ1) is 12.2. The van der Waals surface area contributed by atoms with Crippen LogP contribution in [0.15, 0.2) is 36.4 Å². The van der Waals surface area contributed by atoms with Crippen molar-refractivity contribution in [2.24, 2.45) is 0 Å². The van der Waals surface area contributed by atoms with E-state index in [-0.39, 0.29) is 6.61 Å². The number of aryl methyl sites for hydroxylation is 3. The molecule has 1 nitrogen and oxygen atoms in total. The quantitative estimate of drug-likeness (QED) is 0.634. The fraction of sp³-hybridized carbons (Fsp3) is 0.222. The molecule has 3 aromatic rings. The average molecular weight is 250 g/mol. The van der Waals surface area contributed by atoms with Crippen molar-refractivity contribution < 1.29 is 5.11 Å². The minimum absolute atomic E-state index is 0.0904. The number of fused-ring (bicyclic) bond motifs is 3. The smallest absolute Gasteiger partial charge is 0.0687 e. The topological polar surface area (TPSA) is 20.2 Å². The highest BCUT2D eigenvalue weighted by atomic mass is 16.3. The maximum absolute atomic E-state index is 9.52. The summed E-state index contributed by atoms with van der Waals surface area (Å²) in [4.78, 5) is 0. The Bertz CT molecular complexity index is 785. The summed E-state index contributed by atoms with van der Waals surface area (Å²) in [5, 5.41) is 14.6. The molecule has 0 bridgehead atoms. The van der Waals surface area contributed by atoms with Crippen LogP contribution in [0, 0.1) is 20.8 Å². The summed E-state index contributed by atoms with van der Waals surface area (Å²) in [5.74, 6) is 0. The van der Waals surface area contributed by atoms with E-state index in [1.165, 1.54) is 38.2 Å². The van der Waals surface area contributed by atoms with Crippen molar-refractivity contribution in [3.63, 3.8) is 0 Å². The van der Waals surface area contributed by atoms with Crippen LogP contribution in [0.1, 0.15) is 22.3 Å². The molecule has 1 heteroatoms. The van der Waals surface area contributed by atoms with E-state index in [1.807, 2.05) is 6.07 Å². The maximum atomic E-state index is 9.52. The van der Waals surface area contributed by atoms with E-state index in [4.69, 9.17) is 0 Å². The molecular weight excluding hydrogens is 232 g/mol. The highest BCUT2D eigenvalue weighted by molar-refractivity contribution is 6.12. The molecule has 0 radical (unpaired) electrons. The zero-order chi connectivity index (χ0) is 13.6. The van der Waals surface area contributed by atoms with Gasteiger partial charge in [0.2, 0.25) is 0 Å². The van der Waals surface area contributed by atoms with Crippen LogP contribution in [-0.2, 0) is 6.61 Å². The lowest BCUT2D eigenvalue weighted by atomic mass is 9.91. The summed E-state index contributed by atoms with van der Waals surface area (Å²) in [6.45, 7) is 6.54. The Hall–Kier alpha value is -1.86. The standard InChI is InChI=1S/C18H18O/c1-11-4-5-12(2)17-15(11)8-9-16-14(10-19)7-6-13(3)18(16)17/h4-9,19H,10H2,1-3H3. The van der Waals surface area contributed by atoms with Gasteiger partial charge in [0.25, 0.3) is 0 Å². The molecule has 3 aromatic carbocycles. The van der Waals surface area contributed by atoms with Gasteiger partial charge in [0.15, 0.2) is 0 Å². The van der Waals surface area contributed by atoms with Gasteiger partial charge >= 0.3 is 0 Å². The summed E-state index contributed by atoms with van der Waals surface area (Å²) >= 11 is 0. The van der Waals surface area contributed by atoms with Gasteiger partial charge in [-0.2, -0.15) is 0 Å². The van der Waals surface area contributed by atoms with Crippen molar-refractivity contribution in [1.29, 1.82) is 0 Å². The lowest BCUT2D eigenvalue weighted by molar-refractivity contribution is 0.283. The van der Waals surface area contributed by atoms with Gasteiger partial charge in [0, 0.05) is 0 Å². The van der Waals surface area contributed by atoms with Crippen molar-refractivity contribution >= 4 is 21.5 Å². The summed E-state index contributed by atoms with van der Waals surface area (Å²) in [5.41, 5.74) is 4.87. The Morgan fingerprint density at radius 2 is 1.21 bits per heavy atom. The first-order chi connectivity index (χ1) is 9.13. The molecule has 0 amide bonds.